The predicted molar refractivity (Wildman–Crippen MR) is 93.3 cm³/mol. The lowest BCUT2D eigenvalue weighted by Gasteiger charge is -2.22. The number of aliphatic hydroxyl groups is 1. The first kappa shape index (κ1) is 17.9. The molecule has 7 nitrogen and oxygen atoms in total. The number of hydrogen-bond acceptors (Lipinski definition) is 6. The summed E-state index contributed by atoms with van der Waals surface area (Å²) in [4.78, 5) is 24.1. The van der Waals surface area contributed by atoms with Crippen molar-refractivity contribution in [3.05, 3.63) is 53.6 Å². The number of fused-ring (bicyclic) bond motifs is 1. The molecule has 0 saturated heterocycles. The van der Waals surface area contributed by atoms with Crippen LogP contribution in [-0.4, -0.2) is 36.3 Å². The summed E-state index contributed by atoms with van der Waals surface area (Å²) < 4.78 is 16.1. The van der Waals surface area contributed by atoms with Crippen LogP contribution in [0, 0.1) is 0 Å². The van der Waals surface area contributed by atoms with Gasteiger partial charge in [0.15, 0.2) is 12.4 Å². The first-order valence-electron chi connectivity index (χ1n) is 8.19. The van der Waals surface area contributed by atoms with E-state index >= 15 is 0 Å². The average Bonchev–Trinajstić information content (AvgIpc) is 2.65. The molecule has 0 saturated carbocycles. The number of amides is 1. The number of nitrogens with one attached hydrogen (secondary N) is 1. The highest BCUT2D eigenvalue weighted by molar-refractivity contribution is 6.06. The zero-order valence-corrected chi connectivity index (χ0v) is 14.2. The lowest BCUT2D eigenvalue weighted by atomic mass is 10.1. The summed E-state index contributed by atoms with van der Waals surface area (Å²) in [6.07, 6.45) is -1.62. The minimum Gasteiger partial charge on any atom is -0.489 e. The minimum absolute atomic E-state index is 0.0894. The summed E-state index contributed by atoms with van der Waals surface area (Å²) >= 11 is 0. The molecule has 1 amide bonds. The van der Waals surface area contributed by atoms with E-state index in [0.717, 1.165) is 5.56 Å². The van der Waals surface area contributed by atoms with E-state index in [0.29, 0.717) is 11.4 Å². The van der Waals surface area contributed by atoms with Crippen LogP contribution >= 0.6 is 0 Å². The smallest absolute Gasteiger partial charge is 0.262 e. The maximum atomic E-state index is 12.5. The molecule has 26 heavy (non-hydrogen) atoms. The standard InChI is InChI=1S/C19H19NO6/c1-2-24-19(23)17(22)14-8-13(25-10-12-6-4-3-5-7-12)9-15-18(14)26-11-16(21)20-15/h3-9,19,23H,2,10-11H2,1H3,(H,20,21)/t19-/m0/s1. The van der Waals surface area contributed by atoms with E-state index in [1.807, 2.05) is 30.3 Å². The number of aliphatic hydroxyl groups excluding tert-OH is 1. The molecule has 1 heterocycles. The fourth-order valence-electron chi connectivity index (χ4n) is 2.55. The highest BCUT2D eigenvalue weighted by atomic mass is 16.6. The van der Waals surface area contributed by atoms with Crippen molar-refractivity contribution in [3.8, 4) is 11.5 Å². The van der Waals surface area contributed by atoms with Gasteiger partial charge in [0.25, 0.3) is 5.91 Å². The number of rotatable bonds is 7. The van der Waals surface area contributed by atoms with Crippen LogP contribution in [-0.2, 0) is 16.1 Å². The third-order valence-corrected chi connectivity index (χ3v) is 3.75. The molecule has 0 bridgehead atoms. The first-order valence-corrected chi connectivity index (χ1v) is 8.19. The summed E-state index contributed by atoms with van der Waals surface area (Å²) in [6, 6.07) is 12.6. The van der Waals surface area contributed by atoms with Gasteiger partial charge in [-0.2, -0.15) is 0 Å². The van der Waals surface area contributed by atoms with Crippen molar-refractivity contribution in [1.82, 2.24) is 0 Å². The van der Waals surface area contributed by atoms with Crippen LogP contribution in [0.3, 0.4) is 0 Å². The van der Waals surface area contributed by atoms with Gasteiger partial charge in [-0.1, -0.05) is 30.3 Å². The van der Waals surface area contributed by atoms with Crippen LogP contribution < -0.4 is 14.8 Å². The highest BCUT2D eigenvalue weighted by Crippen LogP contribution is 2.37. The lowest BCUT2D eigenvalue weighted by Crippen LogP contribution is -2.29. The Morgan fingerprint density at radius 3 is 2.81 bits per heavy atom. The van der Waals surface area contributed by atoms with Gasteiger partial charge in [0.2, 0.25) is 12.1 Å². The van der Waals surface area contributed by atoms with Crippen LogP contribution in [0.1, 0.15) is 22.8 Å². The molecule has 0 aliphatic carbocycles. The second kappa shape index (κ2) is 7.99. The minimum atomic E-state index is -1.62. The number of ether oxygens (including phenoxy) is 3. The number of carbonyl (C=O) groups excluding carboxylic acids is 2. The van der Waals surface area contributed by atoms with Crippen LogP contribution in [0.2, 0.25) is 0 Å². The molecule has 0 unspecified atom stereocenters. The largest absolute Gasteiger partial charge is 0.489 e. The quantitative estimate of drug-likeness (QED) is 0.582. The third kappa shape index (κ3) is 4.01. The molecule has 0 fully saturated rings. The molecular formula is C19H19NO6. The molecule has 1 atom stereocenters. The Balaban J connectivity index is 1.90. The van der Waals surface area contributed by atoms with Crippen molar-refractivity contribution in [3.63, 3.8) is 0 Å². The molecule has 0 spiro atoms. The zero-order chi connectivity index (χ0) is 18.5. The zero-order valence-electron chi connectivity index (χ0n) is 14.2. The number of anilines is 1. The molecule has 2 aromatic carbocycles. The molecule has 2 N–H and O–H groups in total. The van der Waals surface area contributed by atoms with Crippen LogP contribution in [0.25, 0.3) is 0 Å². The second-order valence-electron chi connectivity index (χ2n) is 5.63. The Kier molecular flexibility index (Phi) is 5.50. The van der Waals surface area contributed by atoms with E-state index in [1.165, 1.54) is 6.07 Å². The van der Waals surface area contributed by atoms with Gasteiger partial charge in [-0.25, -0.2) is 0 Å². The Labute approximate surface area is 150 Å². The van der Waals surface area contributed by atoms with Crippen molar-refractivity contribution in [1.29, 1.82) is 0 Å². The maximum absolute atomic E-state index is 12.5. The fourth-order valence-corrected chi connectivity index (χ4v) is 2.55. The van der Waals surface area contributed by atoms with Crippen molar-refractivity contribution < 1.29 is 28.9 Å². The van der Waals surface area contributed by atoms with E-state index < -0.39 is 12.1 Å². The second-order valence-corrected chi connectivity index (χ2v) is 5.63. The van der Waals surface area contributed by atoms with Crippen molar-refractivity contribution in [2.45, 2.75) is 19.8 Å². The van der Waals surface area contributed by atoms with Crippen molar-refractivity contribution in [2.24, 2.45) is 0 Å². The normalized spacial score (nSPS) is 14.0. The van der Waals surface area contributed by atoms with Gasteiger partial charge in [0.1, 0.15) is 12.4 Å². The Hall–Kier alpha value is -2.90. The number of carbonyl (C=O) groups is 2. The number of ketones is 1. The molecule has 1 aliphatic rings. The molecule has 0 radical (unpaired) electrons. The molecule has 0 aromatic heterocycles. The SMILES string of the molecule is CCO[C@H](O)C(=O)c1cc(OCc2ccccc2)cc2c1OCC(=O)N2. The Bertz CT molecular complexity index is 805. The van der Waals surface area contributed by atoms with Gasteiger partial charge >= 0.3 is 0 Å². The van der Waals surface area contributed by atoms with Gasteiger partial charge in [0.05, 0.1) is 11.3 Å². The van der Waals surface area contributed by atoms with E-state index in [2.05, 4.69) is 5.32 Å². The molecule has 1 aliphatic heterocycles. The molecule has 136 valence electrons. The average molecular weight is 357 g/mol. The first-order chi connectivity index (χ1) is 12.6. The number of benzene rings is 2. The highest BCUT2D eigenvalue weighted by Gasteiger charge is 2.28. The van der Waals surface area contributed by atoms with Gasteiger partial charge in [-0.05, 0) is 18.6 Å². The van der Waals surface area contributed by atoms with E-state index in [9.17, 15) is 14.7 Å². The van der Waals surface area contributed by atoms with Crippen molar-refractivity contribution >= 4 is 17.4 Å². The summed E-state index contributed by atoms with van der Waals surface area (Å²) in [5, 5.41) is 12.5. The predicted octanol–water partition coefficient (Wildman–Crippen LogP) is 2.13. The van der Waals surface area contributed by atoms with Crippen LogP contribution in [0.4, 0.5) is 5.69 Å². The maximum Gasteiger partial charge on any atom is 0.262 e. The van der Waals surface area contributed by atoms with Gasteiger partial charge in [0, 0.05) is 12.7 Å². The van der Waals surface area contributed by atoms with E-state index in [1.54, 1.807) is 13.0 Å². The summed E-state index contributed by atoms with van der Waals surface area (Å²) in [5.41, 5.74) is 1.36. The van der Waals surface area contributed by atoms with Gasteiger partial charge < -0.3 is 24.6 Å². The van der Waals surface area contributed by atoms with Gasteiger partial charge in [-0.15, -0.1) is 0 Å². The lowest BCUT2D eigenvalue weighted by molar-refractivity contribution is -0.118. The summed E-state index contributed by atoms with van der Waals surface area (Å²) in [5.74, 6) is -0.434. The van der Waals surface area contributed by atoms with E-state index in [-0.39, 0.29) is 37.0 Å². The number of Topliss-reactive ketones (excluding diaryl/α,β-unsaturated/α-hetero) is 1. The molecule has 7 heteroatoms. The molecule has 2 aromatic rings. The monoisotopic (exact) mass is 357 g/mol. The molecular weight excluding hydrogens is 338 g/mol. The molecule has 3 rings (SSSR count). The summed E-state index contributed by atoms with van der Waals surface area (Å²) in [7, 11) is 0. The third-order valence-electron chi connectivity index (χ3n) is 3.75. The van der Waals surface area contributed by atoms with Crippen molar-refractivity contribution in [2.75, 3.05) is 18.5 Å². The van der Waals surface area contributed by atoms with Crippen LogP contribution in [0.15, 0.2) is 42.5 Å². The Morgan fingerprint density at radius 2 is 2.08 bits per heavy atom. The summed E-state index contributed by atoms with van der Waals surface area (Å²) in [6.45, 7) is 1.93. The Morgan fingerprint density at radius 1 is 1.31 bits per heavy atom. The number of hydrogen-bond donors (Lipinski definition) is 2. The van der Waals surface area contributed by atoms with Crippen LogP contribution in [0.5, 0.6) is 11.5 Å². The fraction of sp³-hybridized carbons (Fsp3) is 0.263. The van der Waals surface area contributed by atoms with Gasteiger partial charge in [-0.3, -0.25) is 9.59 Å². The van der Waals surface area contributed by atoms with E-state index in [4.69, 9.17) is 14.2 Å². The topological polar surface area (TPSA) is 94.1 Å².